The van der Waals surface area contributed by atoms with E-state index in [0.717, 1.165) is 18.2 Å². The monoisotopic (exact) mass is 305 g/mol. The van der Waals surface area contributed by atoms with Gasteiger partial charge in [-0.1, -0.05) is 6.07 Å². The Hall–Kier alpha value is -2.49. The van der Waals surface area contributed by atoms with E-state index in [1.807, 2.05) is 5.43 Å². The molecule has 0 aliphatic carbocycles. The second-order valence-corrected chi connectivity index (χ2v) is 3.83. The van der Waals surface area contributed by atoms with Crippen molar-refractivity contribution >= 4 is 17.5 Å². The van der Waals surface area contributed by atoms with Crippen molar-refractivity contribution in [1.82, 2.24) is 9.97 Å². The minimum absolute atomic E-state index is 0.464. The van der Waals surface area contributed by atoms with Crippen LogP contribution < -0.4 is 16.6 Å². The van der Waals surface area contributed by atoms with Crippen LogP contribution in [0.5, 0.6) is 0 Å². The van der Waals surface area contributed by atoms with Gasteiger partial charge in [-0.2, -0.15) is 18.2 Å². The Morgan fingerprint density at radius 2 is 1.67 bits per heavy atom. The molecule has 1 heterocycles. The van der Waals surface area contributed by atoms with Gasteiger partial charge in [0.2, 0.25) is 5.95 Å². The number of nitrogens with two attached hydrogens (primary N) is 1. The fourth-order valence-corrected chi connectivity index (χ4v) is 1.47. The number of nitrogens with one attached hydrogen (secondary N) is 2. The zero-order chi connectivity index (χ0) is 15.6. The normalized spacial score (nSPS) is 11.3. The number of anilines is 3. The van der Waals surface area contributed by atoms with Gasteiger partial charge >= 0.3 is 6.18 Å². The smallest absolute Gasteiger partial charge is 0.335 e. The molecule has 10 heteroatoms. The molecule has 0 amide bonds. The Kier molecular flexibility index (Phi) is 3.89. The zero-order valence-corrected chi connectivity index (χ0v) is 10.2. The summed E-state index contributed by atoms with van der Waals surface area (Å²) in [6.07, 6.45) is -4.77. The van der Waals surface area contributed by atoms with Crippen LogP contribution in [0.15, 0.2) is 24.3 Å². The molecule has 0 saturated heterocycles. The fourth-order valence-electron chi connectivity index (χ4n) is 1.47. The van der Waals surface area contributed by atoms with Crippen molar-refractivity contribution in [3.05, 3.63) is 41.6 Å². The average Bonchev–Trinajstić information content (AvgIpc) is 2.42. The minimum Gasteiger partial charge on any atom is -0.335 e. The number of hydrazine groups is 1. The second-order valence-electron chi connectivity index (χ2n) is 3.83. The standard InChI is InChI=1S/C11H8F5N5/c12-5-2-1-3-6(13)9(5)19-8-4-7(11(14,15)16)18-10(20-8)21-17/h1-4H,17H2,(H2,18,19,20,21). The lowest BCUT2D eigenvalue weighted by atomic mass is 10.3. The second kappa shape index (κ2) is 5.48. The van der Waals surface area contributed by atoms with E-state index in [0.29, 0.717) is 6.07 Å². The van der Waals surface area contributed by atoms with Crippen molar-refractivity contribution in [2.45, 2.75) is 6.18 Å². The van der Waals surface area contributed by atoms with Crippen LogP contribution in [0, 0.1) is 11.6 Å². The Labute approximate surface area is 115 Å². The number of halogens is 5. The van der Waals surface area contributed by atoms with Gasteiger partial charge in [-0.15, -0.1) is 0 Å². The number of nitrogen functional groups attached to an aromatic ring is 1. The van der Waals surface area contributed by atoms with Crippen LogP contribution in [-0.4, -0.2) is 9.97 Å². The van der Waals surface area contributed by atoms with Crippen molar-refractivity contribution in [2.24, 2.45) is 5.84 Å². The summed E-state index contributed by atoms with van der Waals surface area (Å²) in [6.45, 7) is 0. The zero-order valence-electron chi connectivity index (χ0n) is 10.2. The Bertz CT molecular complexity index is 638. The van der Waals surface area contributed by atoms with Crippen LogP contribution in [0.3, 0.4) is 0 Å². The molecule has 0 aliphatic rings. The molecule has 2 aromatic rings. The number of rotatable bonds is 3. The van der Waals surface area contributed by atoms with E-state index < -0.39 is 41.0 Å². The summed E-state index contributed by atoms with van der Waals surface area (Å²) in [6, 6.07) is 3.51. The van der Waals surface area contributed by atoms with Crippen LogP contribution in [0.2, 0.25) is 0 Å². The first-order valence-electron chi connectivity index (χ1n) is 5.45. The summed E-state index contributed by atoms with van der Waals surface area (Å²) < 4.78 is 64.8. The number of para-hydroxylation sites is 1. The van der Waals surface area contributed by atoms with Crippen molar-refractivity contribution in [2.75, 3.05) is 10.7 Å². The molecule has 5 nitrogen and oxygen atoms in total. The van der Waals surface area contributed by atoms with Gasteiger partial charge in [-0.25, -0.2) is 19.6 Å². The van der Waals surface area contributed by atoms with Crippen LogP contribution >= 0.6 is 0 Å². The summed E-state index contributed by atoms with van der Waals surface area (Å²) in [5.41, 5.74) is -0.102. The van der Waals surface area contributed by atoms with Gasteiger partial charge in [0.25, 0.3) is 0 Å². The van der Waals surface area contributed by atoms with Gasteiger partial charge < -0.3 is 5.32 Å². The molecule has 112 valence electrons. The van der Waals surface area contributed by atoms with Gasteiger partial charge in [0.05, 0.1) is 0 Å². The highest BCUT2D eigenvalue weighted by Crippen LogP contribution is 2.31. The quantitative estimate of drug-likeness (QED) is 0.462. The van der Waals surface area contributed by atoms with E-state index >= 15 is 0 Å². The maximum Gasteiger partial charge on any atom is 0.433 e. The van der Waals surface area contributed by atoms with Crippen molar-refractivity contribution in [3.63, 3.8) is 0 Å². The predicted molar refractivity (Wildman–Crippen MR) is 64.5 cm³/mol. The molecule has 0 saturated carbocycles. The van der Waals surface area contributed by atoms with Gasteiger partial charge in [0, 0.05) is 6.07 Å². The number of benzene rings is 1. The van der Waals surface area contributed by atoms with Gasteiger partial charge in [0.15, 0.2) is 5.69 Å². The number of aromatic nitrogens is 2. The Balaban J connectivity index is 2.45. The van der Waals surface area contributed by atoms with Gasteiger partial charge in [0.1, 0.15) is 23.1 Å². The van der Waals surface area contributed by atoms with Gasteiger partial charge in [-0.05, 0) is 12.1 Å². The molecule has 21 heavy (non-hydrogen) atoms. The van der Waals surface area contributed by atoms with E-state index in [4.69, 9.17) is 5.84 Å². The van der Waals surface area contributed by atoms with Crippen molar-refractivity contribution in [3.8, 4) is 0 Å². The molecule has 1 aromatic heterocycles. The van der Waals surface area contributed by atoms with E-state index in [9.17, 15) is 22.0 Å². The molecule has 2 rings (SSSR count). The molecule has 0 atom stereocenters. The third-order valence-electron chi connectivity index (χ3n) is 2.36. The van der Waals surface area contributed by atoms with Crippen LogP contribution in [-0.2, 0) is 6.18 Å². The molecular weight excluding hydrogens is 297 g/mol. The van der Waals surface area contributed by atoms with Crippen LogP contribution in [0.25, 0.3) is 0 Å². The lowest BCUT2D eigenvalue weighted by Crippen LogP contribution is -2.16. The Morgan fingerprint density at radius 1 is 1.05 bits per heavy atom. The highest BCUT2D eigenvalue weighted by atomic mass is 19.4. The molecule has 0 bridgehead atoms. The lowest BCUT2D eigenvalue weighted by molar-refractivity contribution is -0.141. The third kappa shape index (κ3) is 3.34. The first-order valence-corrected chi connectivity index (χ1v) is 5.45. The molecule has 0 unspecified atom stereocenters. The molecule has 0 radical (unpaired) electrons. The fraction of sp³-hybridized carbons (Fsp3) is 0.0909. The largest absolute Gasteiger partial charge is 0.433 e. The molecular formula is C11H8F5N5. The highest BCUT2D eigenvalue weighted by molar-refractivity contribution is 5.59. The summed E-state index contributed by atoms with van der Waals surface area (Å²) in [4.78, 5) is 6.66. The maximum atomic E-state index is 13.4. The molecule has 0 aliphatic heterocycles. The van der Waals surface area contributed by atoms with E-state index in [1.165, 1.54) is 0 Å². The van der Waals surface area contributed by atoms with Crippen LogP contribution in [0.1, 0.15) is 5.69 Å². The minimum atomic E-state index is -4.77. The highest BCUT2D eigenvalue weighted by Gasteiger charge is 2.33. The molecule has 0 spiro atoms. The number of nitrogens with zero attached hydrogens (tertiary/aromatic N) is 2. The molecule has 0 fully saturated rings. The van der Waals surface area contributed by atoms with E-state index in [1.54, 1.807) is 0 Å². The summed E-state index contributed by atoms with van der Waals surface area (Å²) in [5.74, 6) is 1.99. The average molecular weight is 305 g/mol. The first-order chi connectivity index (χ1) is 9.81. The first kappa shape index (κ1) is 14.9. The number of hydrogen-bond acceptors (Lipinski definition) is 5. The van der Waals surface area contributed by atoms with Crippen LogP contribution in [0.4, 0.5) is 39.4 Å². The summed E-state index contributed by atoms with van der Waals surface area (Å²) >= 11 is 0. The number of alkyl halides is 3. The Morgan fingerprint density at radius 3 is 2.19 bits per heavy atom. The van der Waals surface area contributed by atoms with Gasteiger partial charge in [-0.3, -0.25) is 5.43 Å². The van der Waals surface area contributed by atoms with Crippen molar-refractivity contribution in [1.29, 1.82) is 0 Å². The lowest BCUT2D eigenvalue weighted by Gasteiger charge is -2.12. The SMILES string of the molecule is NNc1nc(Nc2c(F)cccc2F)cc(C(F)(F)F)n1. The molecule has 4 N–H and O–H groups in total. The van der Waals surface area contributed by atoms with E-state index in [-0.39, 0.29) is 0 Å². The predicted octanol–water partition coefficient (Wildman–Crippen LogP) is 2.80. The molecule has 1 aromatic carbocycles. The summed E-state index contributed by atoms with van der Waals surface area (Å²) in [7, 11) is 0. The third-order valence-corrected chi connectivity index (χ3v) is 2.36. The number of hydrogen-bond donors (Lipinski definition) is 3. The maximum absolute atomic E-state index is 13.4. The van der Waals surface area contributed by atoms with E-state index in [2.05, 4.69) is 15.3 Å². The topological polar surface area (TPSA) is 75.9 Å². The van der Waals surface area contributed by atoms with Crippen molar-refractivity contribution < 1.29 is 22.0 Å². The summed E-state index contributed by atoms with van der Waals surface area (Å²) in [5, 5.41) is 2.13.